The van der Waals surface area contributed by atoms with Crippen LogP contribution >= 0.6 is 34.8 Å². The van der Waals surface area contributed by atoms with Gasteiger partial charge in [0.2, 0.25) is 0 Å². The number of benzene rings is 2. The summed E-state index contributed by atoms with van der Waals surface area (Å²) in [6, 6.07) is 19.2. The average molecular weight is 527 g/mol. The van der Waals surface area contributed by atoms with Crippen LogP contribution in [0.5, 0.6) is 0 Å². The van der Waals surface area contributed by atoms with E-state index in [9.17, 15) is 9.59 Å². The molecule has 1 fully saturated rings. The van der Waals surface area contributed by atoms with Crippen LogP contribution in [0.15, 0.2) is 66.2 Å². The van der Waals surface area contributed by atoms with Gasteiger partial charge in [0.05, 0.1) is 5.69 Å². The molecule has 3 aromatic rings. The minimum Gasteiger partial charge on any atom is -0.318 e. The smallest absolute Gasteiger partial charge is 0.270 e. The quantitative estimate of drug-likeness (QED) is 0.236. The molecule has 0 bridgehead atoms. The number of aryl methyl sites for hydroxylation is 1. The van der Waals surface area contributed by atoms with Crippen LogP contribution in [0, 0.1) is 17.4 Å². The highest BCUT2D eigenvalue weighted by Gasteiger charge is 2.34. The molecule has 1 saturated heterocycles. The highest BCUT2D eigenvalue weighted by molar-refractivity contribution is 14.1. The second kappa shape index (κ2) is 8.16. The van der Waals surface area contributed by atoms with Crippen LogP contribution in [-0.2, 0) is 9.59 Å². The van der Waals surface area contributed by atoms with Crippen molar-refractivity contribution in [1.29, 1.82) is 0 Å². The molecular weight excluding hydrogens is 509 g/mol. The van der Waals surface area contributed by atoms with Gasteiger partial charge in [-0.1, -0.05) is 18.2 Å². The molecule has 1 aliphatic heterocycles. The highest BCUT2D eigenvalue weighted by Crippen LogP contribution is 2.26. The maximum atomic E-state index is 13.2. The number of hydrogen-bond acceptors (Lipinski definition) is 3. The maximum absolute atomic E-state index is 13.2. The molecule has 2 amide bonds. The van der Waals surface area contributed by atoms with E-state index in [0.717, 1.165) is 26.2 Å². The molecule has 1 N–H and O–H groups in total. The van der Waals surface area contributed by atoms with Crippen molar-refractivity contribution in [2.75, 3.05) is 4.90 Å². The lowest BCUT2D eigenvalue weighted by molar-refractivity contribution is -0.122. The molecule has 5 nitrogen and oxygen atoms in total. The number of amides is 2. The number of nitrogens with zero attached hydrogens (tertiary/aromatic N) is 2. The molecule has 1 aromatic heterocycles. The maximum Gasteiger partial charge on any atom is 0.270 e. The van der Waals surface area contributed by atoms with Gasteiger partial charge in [-0.05, 0) is 103 Å². The van der Waals surface area contributed by atoms with E-state index in [1.54, 1.807) is 18.2 Å². The van der Waals surface area contributed by atoms with Crippen molar-refractivity contribution in [1.82, 2.24) is 9.88 Å². The van der Waals surface area contributed by atoms with E-state index in [-0.39, 0.29) is 10.7 Å². The predicted octanol–water partition coefficient (Wildman–Crippen LogP) is 4.53. The van der Waals surface area contributed by atoms with Crippen LogP contribution in [0.25, 0.3) is 11.8 Å². The number of para-hydroxylation sites is 1. The fourth-order valence-corrected chi connectivity index (χ4v) is 4.19. The Morgan fingerprint density at radius 1 is 0.967 bits per heavy atom. The van der Waals surface area contributed by atoms with Gasteiger partial charge in [0.15, 0.2) is 5.11 Å². The van der Waals surface area contributed by atoms with E-state index >= 15 is 0 Å². The molecule has 1 aliphatic rings. The molecular formula is C23H18IN3O2S. The Kier molecular flexibility index (Phi) is 5.57. The van der Waals surface area contributed by atoms with Crippen molar-refractivity contribution < 1.29 is 9.59 Å². The molecule has 4 rings (SSSR count). The second-order valence-electron chi connectivity index (χ2n) is 6.93. The molecule has 150 valence electrons. The highest BCUT2D eigenvalue weighted by atomic mass is 127. The summed E-state index contributed by atoms with van der Waals surface area (Å²) >= 11 is 7.52. The SMILES string of the molecule is Cc1cc(/C=C2\C(=O)NC(=S)N(c3ccccc3)C2=O)c(C)n1-c1ccc(I)cc1. The Balaban J connectivity index is 1.76. The topological polar surface area (TPSA) is 54.3 Å². The Hall–Kier alpha value is -2.78. The zero-order chi connectivity index (χ0) is 21.4. The van der Waals surface area contributed by atoms with Crippen LogP contribution in [0.3, 0.4) is 0 Å². The summed E-state index contributed by atoms with van der Waals surface area (Å²) in [5.74, 6) is -0.926. The van der Waals surface area contributed by atoms with Crippen LogP contribution in [-0.4, -0.2) is 21.5 Å². The standard InChI is InChI=1S/C23H18IN3O2S/c1-14-12-16(15(2)26(14)19-10-8-17(24)9-11-19)13-20-21(28)25-23(30)27(22(20)29)18-6-4-3-5-7-18/h3-13H,1-2H3,(H,25,28,30)/b20-13+. The minimum absolute atomic E-state index is 0.0512. The van der Waals surface area contributed by atoms with E-state index in [2.05, 4.69) is 32.5 Å². The predicted molar refractivity (Wildman–Crippen MR) is 131 cm³/mol. The molecule has 2 aromatic carbocycles. The zero-order valence-electron chi connectivity index (χ0n) is 16.3. The number of carbonyl (C=O) groups is 2. The van der Waals surface area contributed by atoms with E-state index < -0.39 is 11.8 Å². The molecule has 7 heteroatoms. The van der Waals surface area contributed by atoms with Gasteiger partial charge >= 0.3 is 0 Å². The van der Waals surface area contributed by atoms with E-state index in [4.69, 9.17) is 12.2 Å². The van der Waals surface area contributed by atoms with E-state index in [1.165, 1.54) is 4.90 Å². The van der Waals surface area contributed by atoms with Gasteiger partial charge in [-0.25, -0.2) is 0 Å². The Morgan fingerprint density at radius 2 is 1.63 bits per heavy atom. The normalized spacial score (nSPS) is 15.6. The number of aromatic nitrogens is 1. The zero-order valence-corrected chi connectivity index (χ0v) is 19.3. The number of hydrogen-bond donors (Lipinski definition) is 1. The molecule has 0 radical (unpaired) electrons. The van der Waals surface area contributed by atoms with Crippen LogP contribution in [0.4, 0.5) is 5.69 Å². The number of rotatable bonds is 3. The minimum atomic E-state index is -0.490. The van der Waals surface area contributed by atoms with Crippen molar-refractivity contribution in [3.8, 4) is 5.69 Å². The lowest BCUT2D eigenvalue weighted by atomic mass is 10.1. The first-order chi connectivity index (χ1) is 14.4. The molecule has 2 heterocycles. The summed E-state index contributed by atoms with van der Waals surface area (Å²) in [6.45, 7) is 3.98. The largest absolute Gasteiger partial charge is 0.318 e. The molecule has 30 heavy (non-hydrogen) atoms. The van der Waals surface area contributed by atoms with Crippen molar-refractivity contribution in [2.24, 2.45) is 0 Å². The summed E-state index contributed by atoms with van der Waals surface area (Å²) in [7, 11) is 0. The Labute approximate surface area is 193 Å². The van der Waals surface area contributed by atoms with Gasteiger partial charge in [-0.15, -0.1) is 0 Å². The molecule has 0 spiro atoms. The van der Waals surface area contributed by atoms with E-state index in [1.807, 2.05) is 62.4 Å². The van der Waals surface area contributed by atoms with Crippen molar-refractivity contribution in [3.05, 3.63) is 86.8 Å². The van der Waals surface area contributed by atoms with Crippen LogP contribution < -0.4 is 10.2 Å². The first-order valence-electron chi connectivity index (χ1n) is 9.28. The second-order valence-corrected chi connectivity index (χ2v) is 8.56. The van der Waals surface area contributed by atoms with Crippen molar-refractivity contribution in [2.45, 2.75) is 13.8 Å². The first kappa shape index (κ1) is 20.5. The van der Waals surface area contributed by atoms with Gasteiger partial charge in [0.1, 0.15) is 5.57 Å². The number of halogens is 1. The molecule has 0 saturated carbocycles. The summed E-state index contributed by atoms with van der Waals surface area (Å²) in [5.41, 5.74) is 4.46. The van der Waals surface area contributed by atoms with Crippen LogP contribution in [0.2, 0.25) is 0 Å². The summed E-state index contributed by atoms with van der Waals surface area (Å²) in [6.07, 6.45) is 1.64. The lowest BCUT2D eigenvalue weighted by Gasteiger charge is -2.28. The third-order valence-corrected chi connectivity index (χ3v) is 5.97. The monoisotopic (exact) mass is 527 g/mol. The number of anilines is 1. The number of carbonyl (C=O) groups excluding carboxylic acids is 2. The van der Waals surface area contributed by atoms with Crippen molar-refractivity contribution >= 4 is 63.5 Å². The van der Waals surface area contributed by atoms with Gasteiger partial charge in [0, 0.05) is 20.6 Å². The lowest BCUT2D eigenvalue weighted by Crippen LogP contribution is -2.54. The Bertz CT molecular complexity index is 1200. The van der Waals surface area contributed by atoms with E-state index in [0.29, 0.717) is 5.69 Å². The summed E-state index contributed by atoms with van der Waals surface area (Å²) in [4.78, 5) is 27.1. The summed E-state index contributed by atoms with van der Waals surface area (Å²) < 4.78 is 3.26. The van der Waals surface area contributed by atoms with Gasteiger partial charge in [-0.2, -0.15) is 0 Å². The first-order valence-corrected chi connectivity index (χ1v) is 10.8. The molecule has 0 atom stereocenters. The molecule has 0 aliphatic carbocycles. The van der Waals surface area contributed by atoms with Crippen LogP contribution in [0.1, 0.15) is 17.0 Å². The average Bonchev–Trinajstić information content (AvgIpc) is 3.00. The van der Waals surface area contributed by atoms with Gasteiger partial charge < -0.3 is 4.57 Å². The molecule has 0 unspecified atom stereocenters. The number of thiocarbonyl (C=S) groups is 1. The van der Waals surface area contributed by atoms with Crippen molar-refractivity contribution in [3.63, 3.8) is 0 Å². The fourth-order valence-electron chi connectivity index (χ4n) is 3.55. The number of nitrogens with one attached hydrogen (secondary N) is 1. The third-order valence-electron chi connectivity index (χ3n) is 4.97. The Morgan fingerprint density at radius 3 is 2.30 bits per heavy atom. The van der Waals surface area contributed by atoms with Gasteiger partial charge in [-0.3, -0.25) is 19.8 Å². The summed E-state index contributed by atoms with van der Waals surface area (Å²) in [5, 5.41) is 2.71. The fraction of sp³-hybridized carbons (Fsp3) is 0.0870. The van der Waals surface area contributed by atoms with Gasteiger partial charge in [0.25, 0.3) is 11.8 Å². The third kappa shape index (κ3) is 3.70.